The molecule has 106 valence electrons. The van der Waals surface area contributed by atoms with Crippen LogP contribution in [0.5, 0.6) is 0 Å². The van der Waals surface area contributed by atoms with E-state index in [0.29, 0.717) is 11.8 Å². The van der Waals surface area contributed by atoms with E-state index in [1.54, 1.807) is 0 Å². The van der Waals surface area contributed by atoms with E-state index < -0.39 is 0 Å². The zero-order chi connectivity index (χ0) is 14.0. The molecule has 0 aliphatic carbocycles. The fraction of sp³-hybridized carbons (Fsp3) is 0.688. The number of hydrogen-bond donors (Lipinski definition) is 0. The van der Waals surface area contributed by atoms with Crippen LogP contribution in [0.3, 0.4) is 0 Å². The molecule has 0 aromatic carbocycles. The SMILES string of the molecule is CC1CC(C)CN(c2cc(CCl)cc(C(C)C)n2)C1. The molecule has 1 aromatic heterocycles. The average Bonchev–Trinajstić information content (AvgIpc) is 2.37. The Labute approximate surface area is 122 Å². The smallest absolute Gasteiger partial charge is 0.129 e. The predicted molar refractivity (Wildman–Crippen MR) is 83.0 cm³/mol. The molecule has 2 heterocycles. The molecule has 1 saturated heterocycles. The Morgan fingerprint density at radius 1 is 1.26 bits per heavy atom. The van der Waals surface area contributed by atoms with E-state index in [9.17, 15) is 0 Å². The Kier molecular flexibility index (Phi) is 4.72. The molecule has 2 unspecified atom stereocenters. The largest absolute Gasteiger partial charge is 0.356 e. The number of alkyl halides is 1. The fourth-order valence-corrected chi connectivity index (χ4v) is 3.13. The second kappa shape index (κ2) is 6.13. The highest BCUT2D eigenvalue weighted by molar-refractivity contribution is 6.17. The topological polar surface area (TPSA) is 16.1 Å². The maximum Gasteiger partial charge on any atom is 0.129 e. The van der Waals surface area contributed by atoms with Gasteiger partial charge in [-0.3, -0.25) is 0 Å². The molecule has 1 fully saturated rings. The molecular formula is C16H25ClN2. The van der Waals surface area contributed by atoms with Crippen molar-refractivity contribution in [3.63, 3.8) is 0 Å². The first-order valence-corrected chi connectivity index (χ1v) is 7.84. The number of hydrogen-bond acceptors (Lipinski definition) is 2. The predicted octanol–water partition coefficient (Wildman–Crippen LogP) is 4.43. The summed E-state index contributed by atoms with van der Waals surface area (Å²) >= 11 is 6.03. The van der Waals surface area contributed by atoms with Crippen molar-refractivity contribution in [2.24, 2.45) is 11.8 Å². The maximum absolute atomic E-state index is 6.03. The normalized spacial score (nSPS) is 24.0. The summed E-state index contributed by atoms with van der Waals surface area (Å²) < 4.78 is 0. The number of aromatic nitrogens is 1. The Morgan fingerprint density at radius 3 is 2.42 bits per heavy atom. The zero-order valence-corrected chi connectivity index (χ0v) is 13.2. The summed E-state index contributed by atoms with van der Waals surface area (Å²) in [5, 5.41) is 0. The Balaban J connectivity index is 2.30. The minimum atomic E-state index is 0.446. The first kappa shape index (κ1) is 14.6. The third-order valence-electron chi connectivity index (χ3n) is 3.83. The van der Waals surface area contributed by atoms with Crippen LogP contribution in [0.25, 0.3) is 0 Å². The van der Waals surface area contributed by atoms with Crippen molar-refractivity contribution in [3.05, 3.63) is 23.4 Å². The number of rotatable bonds is 3. The van der Waals surface area contributed by atoms with Crippen LogP contribution in [0.4, 0.5) is 5.82 Å². The van der Waals surface area contributed by atoms with Crippen LogP contribution in [0.15, 0.2) is 12.1 Å². The van der Waals surface area contributed by atoms with Gasteiger partial charge >= 0.3 is 0 Å². The molecule has 2 rings (SSSR count). The van der Waals surface area contributed by atoms with Gasteiger partial charge in [0, 0.05) is 24.7 Å². The number of nitrogens with zero attached hydrogens (tertiary/aromatic N) is 2. The first-order valence-electron chi connectivity index (χ1n) is 7.31. The summed E-state index contributed by atoms with van der Waals surface area (Å²) in [7, 11) is 0. The second-order valence-electron chi connectivity index (χ2n) is 6.40. The lowest BCUT2D eigenvalue weighted by atomic mass is 9.92. The molecule has 0 N–H and O–H groups in total. The summed E-state index contributed by atoms with van der Waals surface area (Å²) in [6.07, 6.45) is 1.32. The van der Waals surface area contributed by atoms with E-state index in [-0.39, 0.29) is 0 Å². The first-order chi connectivity index (χ1) is 8.99. The lowest BCUT2D eigenvalue weighted by Gasteiger charge is -2.36. The van der Waals surface area contributed by atoms with E-state index in [4.69, 9.17) is 16.6 Å². The van der Waals surface area contributed by atoms with Crippen LogP contribution in [0.1, 0.15) is 51.3 Å². The number of anilines is 1. The highest BCUT2D eigenvalue weighted by atomic mass is 35.5. The van der Waals surface area contributed by atoms with Gasteiger partial charge in [0.2, 0.25) is 0 Å². The van der Waals surface area contributed by atoms with Gasteiger partial charge < -0.3 is 4.90 Å². The average molecular weight is 281 g/mol. The van der Waals surface area contributed by atoms with Gasteiger partial charge in [-0.05, 0) is 41.9 Å². The summed E-state index contributed by atoms with van der Waals surface area (Å²) in [6, 6.07) is 4.29. The van der Waals surface area contributed by atoms with Gasteiger partial charge in [0.05, 0.1) is 0 Å². The Bertz CT molecular complexity index is 421. The van der Waals surface area contributed by atoms with Gasteiger partial charge in [-0.25, -0.2) is 4.98 Å². The van der Waals surface area contributed by atoms with Crippen molar-refractivity contribution in [2.75, 3.05) is 18.0 Å². The van der Waals surface area contributed by atoms with Gasteiger partial charge in [-0.2, -0.15) is 0 Å². The highest BCUT2D eigenvalue weighted by Crippen LogP contribution is 2.27. The molecule has 0 bridgehead atoms. The molecule has 1 aliphatic heterocycles. The van der Waals surface area contributed by atoms with Gasteiger partial charge in [-0.1, -0.05) is 27.7 Å². The van der Waals surface area contributed by atoms with Crippen LogP contribution in [-0.4, -0.2) is 18.1 Å². The number of pyridine rings is 1. The van der Waals surface area contributed by atoms with Crippen molar-refractivity contribution in [2.45, 2.75) is 45.9 Å². The minimum Gasteiger partial charge on any atom is -0.356 e. The van der Waals surface area contributed by atoms with Crippen molar-refractivity contribution in [1.29, 1.82) is 0 Å². The zero-order valence-electron chi connectivity index (χ0n) is 12.5. The van der Waals surface area contributed by atoms with Gasteiger partial charge in [-0.15, -0.1) is 11.6 Å². The molecule has 0 radical (unpaired) electrons. The van der Waals surface area contributed by atoms with Crippen molar-refractivity contribution >= 4 is 17.4 Å². The summed E-state index contributed by atoms with van der Waals surface area (Å²) in [5.41, 5.74) is 2.33. The van der Waals surface area contributed by atoms with E-state index in [1.807, 2.05) is 0 Å². The van der Waals surface area contributed by atoms with Crippen LogP contribution >= 0.6 is 11.6 Å². The van der Waals surface area contributed by atoms with E-state index >= 15 is 0 Å². The van der Waals surface area contributed by atoms with Crippen LogP contribution < -0.4 is 4.90 Å². The third-order valence-corrected chi connectivity index (χ3v) is 4.14. The maximum atomic E-state index is 6.03. The molecule has 2 atom stereocenters. The van der Waals surface area contributed by atoms with E-state index in [1.165, 1.54) is 12.0 Å². The molecule has 3 heteroatoms. The standard InChI is InChI=1S/C16H25ClN2/c1-11(2)15-6-14(8-17)7-16(18-15)19-9-12(3)5-13(4)10-19/h6-7,11-13H,5,8-10H2,1-4H3. The molecule has 1 aliphatic rings. The van der Waals surface area contributed by atoms with Crippen molar-refractivity contribution in [1.82, 2.24) is 4.98 Å². The summed E-state index contributed by atoms with van der Waals surface area (Å²) in [4.78, 5) is 7.27. The van der Waals surface area contributed by atoms with Crippen LogP contribution in [0.2, 0.25) is 0 Å². The van der Waals surface area contributed by atoms with Crippen LogP contribution in [-0.2, 0) is 5.88 Å². The van der Waals surface area contributed by atoms with E-state index in [0.717, 1.165) is 36.4 Å². The highest BCUT2D eigenvalue weighted by Gasteiger charge is 2.23. The summed E-state index contributed by atoms with van der Waals surface area (Å²) in [6.45, 7) is 11.3. The van der Waals surface area contributed by atoms with Crippen molar-refractivity contribution in [3.8, 4) is 0 Å². The minimum absolute atomic E-state index is 0.446. The van der Waals surface area contributed by atoms with Crippen LogP contribution in [0, 0.1) is 11.8 Å². The lowest BCUT2D eigenvalue weighted by molar-refractivity contribution is 0.355. The Morgan fingerprint density at radius 2 is 1.89 bits per heavy atom. The monoisotopic (exact) mass is 280 g/mol. The molecule has 1 aromatic rings. The third kappa shape index (κ3) is 3.62. The number of halogens is 1. The van der Waals surface area contributed by atoms with Gasteiger partial charge in [0.1, 0.15) is 5.82 Å². The lowest BCUT2D eigenvalue weighted by Crippen LogP contribution is -2.39. The molecular weight excluding hydrogens is 256 g/mol. The van der Waals surface area contributed by atoms with Gasteiger partial charge in [0.15, 0.2) is 0 Å². The van der Waals surface area contributed by atoms with E-state index in [2.05, 4.69) is 44.7 Å². The quantitative estimate of drug-likeness (QED) is 0.762. The molecule has 0 amide bonds. The molecule has 19 heavy (non-hydrogen) atoms. The fourth-order valence-electron chi connectivity index (χ4n) is 2.98. The second-order valence-corrected chi connectivity index (χ2v) is 6.67. The summed E-state index contributed by atoms with van der Waals surface area (Å²) in [5.74, 6) is 3.61. The number of piperidine rings is 1. The van der Waals surface area contributed by atoms with Crippen molar-refractivity contribution < 1.29 is 0 Å². The van der Waals surface area contributed by atoms with Gasteiger partial charge in [0.25, 0.3) is 0 Å². The molecule has 0 saturated carbocycles. The Hall–Kier alpha value is -0.760. The molecule has 2 nitrogen and oxygen atoms in total. The molecule has 0 spiro atoms.